The van der Waals surface area contributed by atoms with Crippen molar-refractivity contribution >= 4 is 15.9 Å². The normalized spacial score (nSPS) is 12.7. The minimum Gasteiger partial charge on any atom is -0.327 e. The summed E-state index contributed by atoms with van der Waals surface area (Å²) in [5.41, 5.74) is 12.4. The fourth-order valence-electron chi connectivity index (χ4n) is 2.71. The number of halogens is 1. The SMILES string of the molecule is Cc1cc(C)cc(CC(N)Cc2c(Br)c(C)nn2C)c1. The zero-order chi connectivity index (χ0) is 14.9. The first-order valence-corrected chi connectivity index (χ1v) is 7.67. The fourth-order valence-corrected chi connectivity index (χ4v) is 3.21. The number of rotatable bonds is 4. The Morgan fingerprint density at radius 2 is 1.75 bits per heavy atom. The molecule has 1 atom stereocenters. The molecule has 2 aromatic rings. The monoisotopic (exact) mass is 335 g/mol. The van der Waals surface area contributed by atoms with Gasteiger partial charge < -0.3 is 5.73 Å². The minimum atomic E-state index is 0.0994. The summed E-state index contributed by atoms with van der Waals surface area (Å²) in [6, 6.07) is 6.73. The van der Waals surface area contributed by atoms with Crippen molar-refractivity contribution in [2.75, 3.05) is 0 Å². The van der Waals surface area contributed by atoms with Gasteiger partial charge in [0, 0.05) is 19.5 Å². The average molecular weight is 336 g/mol. The summed E-state index contributed by atoms with van der Waals surface area (Å²) in [6.07, 6.45) is 1.71. The third-order valence-electron chi connectivity index (χ3n) is 3.50. The van der Waals surface area contributed by atoms with Crippen LogP contribution >= 0.6 is 15.9 Å². The average Bonchev–Trinajstić information content (AvgIpc) is 2.54. The second-order valence-corrected chi connectivity index (χ2v) is 6.43. The van der Waals surface area contributed by atoms with Crippen LogP contribution in [0.5, 0.6) is 0 Å². The van der Waals surface area contributed by atoms with E-state index in [4.69, 9.17) is 5.73 Å². The van der Waals surface area contributed by atoms with Crippen molar-refractivity contribution in [2.24, 2.45) is 12.8 Å². The van der Waals surface area contributed by atoms with Crippen molar-refractivity contribution in [3.05, 3.63) is 50.8 Å². The standard InChI is InChI=1S/C16H22BrN3/c1-10-5-11(2)7-13(6-10)8-14(18)9-15-16(17)12(3)19-20(15)4/h5-7,14H,8-9,18H2,1-4H3. The molecule has 4 heteroatoms. The molecule has 1 unspecified atom stereocenters. The molecule has 0 aliphatic rings. The third-order valence-corrected chi connectivity index (χ3v) is 4.53. The molecular formula is C16H22BrN3. The molecule has 0 saturated carbocycles. The molecule has 1 aromatic heterocycles. The van der Waals surface area contributed by atoms with E-state index in [1.807, 2.05) is 18.7 Å². The summed E-state index contributed by atoms with van der Waals surface area (Å²) in [6.45, 7) is 6.26. The number of hydrogen-bond donors (Lipinski definition) is 1. The maximum atomic E-state index is 6.32. The van der Waals surface area contributed by atoms with E-state index >= 15 is 0 Å². The summed E-state index contributed by atoms with van der Waals surface area (Å²) in [5.74, 6) is 0. The van der Waals surface area contributed by atoms with Crippen LogP contribution in [0.4, 0.5) is 0 Å². The van der Waals surface area contributed by atoms with Gasteiger partial charge in [0.25, 0.3) is 0 Å². The zero-order valence-electron chi connectivity index (χ0n) is 12.6. The Balaban J connectivity index is 2.10. The van der Waals surface area contributed by atoms with E-state index in [0.29, 0.717) is 0 Å². The van der Waals surface area contributed by atoms with Gasteiger partial charge in [0.05, 0.1) is 15.9 Å². The summed E-state index contributed by atoms with van der Waals surface area (Å²) in [7, 11) is 1.97. The Morgan fingerprint density at radius 1 is 1.15 bits per heavy atom. The van der Waals surface area contributed by atoms with Gasteiger partial charge in [0.15, 0.2) is 0 Å². The van der Waals surface area contributed by atoms with Gasteiger partial charge in [0.2, 0.25) is 0 Å². The molecule has 0 spiro atoms. The molecule has 0 radical (unpaired) electrons. The van der Waals surface area contributed by atoms with Crippen LogP contribution in [0.2, 0.25) is 0 Å². The lowest BCUT2D eigenvalue weighted by Crippen LogP contribution is -2.26. The highest BCUT2D eigenvalue weighted by Gasteiger charge is 2.14. The molecule has 0 saturated heterocycles. The van der Waals surface area contributed by atoms with Gasteiger partial charge in [-0.25, -0.2) is 0 Å². The molecule has 0 amide bonds. The van der Waals surface area contributed by atoms with E-state index < -0.39 is 0 Å². The number of nitrogens with two attached hydrogens (primary N) is 1. The number of aromatic nitrogens is 2. The van der Waals surface area contributed by atoms with Crippen molar-refractivity contribution in [1.29, 1.82) is 0 Å². The van der Waals surface area contributed by atoms with Crippen LogP contribution in [0.15, 0.2) is 22.7 Å². The smallest absolute Gasteiger partial charge is 0.0738 e. The van der Waals surface area contributed by atoms with E-state index in [9.17, 15) is 0 Å². The molecule has 2 N–H and O–H groups in total. The molecular weight excluding hydrogens is 314 g/mol. The molecule has 108 valence electrons. The number of aryl methyl sites for hydroxylation is 4. The van der Waals surface area contributed by atoms with Crippen LogP contribution in [-0.2, 0) is 19.9 Å². The van der Waals surface area contributed by atoms with Crippen molar-refractivity contribution in [3.63, 3.8) is 0 Å². The summed E-state index contributed by atoms with van der Waals surface area (Å²) < 4.78 is 3.00. The molecule has 2 rings (SSSR count). The largest absolute Gasteiger partial charge is 0.327 e. The van der Waals surface area contributed by atoms with Crippen LogP contribution in [0.25, 0.3) is 0 Å². The zero-order valence-corrected chi connectivity index (χ0v) is 14.2. The molecule has 1 aromatic carbocycles. The van der Waals surface area contributed by atoms with Gasteiger partial charge in [-0.3, -0.25) is 4.68 Å². The van der Waals surface area contributed by atoms with Crippen LogP contribution in [0.3, 0.4) is 0 Å². The first kappa shape index (κ1) is 15.3. The molecule has 0 aliphatic carbocycles. The van der Waals surface area contributed by atoms with Crippen LogP contribution in [0.1, 0.15) is 28.1 Å². The Morgan fingerprint density at radius 3 is 2.25 bits per heavy atom. The Bertz CT molecular complexity index is 596. The predicted octanol–water partition coefficient (Wildman–Crippen LogP) is 3.22. The molecule has 1 heterocycles. The predicted molar refractivity (Wildman–Crippen MR) is 86.9 cm³/mol. The minimum absolute atomic E-state index is 0.0994. The van der Waals surface area contributed by atoms with Crippen molar-refractivity contribution in [3.8, 4) is 0 Å². The van der Waals surface area contributed by atoms with Gasteiger partial charge >= 0.3 is 0 Å². The maximum Gasteiger partial charge on any atom is 0.0738 e. The summed E-state index contributed by atoms with van der Waals surface area (Å²) in [5, 5.41) is 4.41. The molecule has 3 nitrogen and oxygen atoms in total. The van der Waals surface area contributed by atoms with Crippen molar-refractivity contribution in [1.82, 2.24) is 9.78 Å². The van der Waals surface area contributed by atoms with Gasteiger partial charge in [-0.1, -0.05) is 29.3 Å². The Hall–Kier alpha value is -1.13. The maximum absolute atomic E-state index is 6.32. The molecule has 0 aliphatic heterocycles. The highest BCUT2D eigenvalue weighted by atomic mass is 79.9. The lowest BCUT2D eigenvalue weighted by atomic mass is 9.99. The fraction of sp³-hybridized carbons (Fsp3) is 0.438. The van der Waals surface area contributed by atoms with Crippen LogP contribution in [-0.4, -0.2) is 15.8 Å². The first-order valence-electron chi connectivity index (χ1n) is 6.87. The Kier molecular flexibility index (Phi) is 4.66. The summed E-state index contributed by atoms with van der Waals surface area (Å²) >= 11 is 3.60. The highest BCUT2D eigenvalue weighted by molar-refractivity contribution is 9.10. The molecule has 20 heavy (non-hydrogen) atoms. The first-order chi connectivity index (χ1) is 9.36. The van der Waals surface area contributed by atoms with E-state index in [0.717, 1.165) is 23.0 Å². The lowest BCUT2D eigenvalue weighted by Gasteiger charge is -2.13. The third kappa shape index (κ3) is 3.49. The highest BCUT2D eigenvalue weighted by Crippen LogP contribution is 2.22. The van der Waals surface area contributed by atoms with Crippen molar-refractivity contribution < 1.29 is 0 Å². The van der Waals surface area contributed by atoms with Crippen molar-refractivity contribution in [2.45, 2.75) is 39.7 Å². The van der Waals surface area contributed by atoms with E-state index in [1.165, 1.54) is 22.4 Å². The number of benzene rings is 1. The quantitative estimate of drug-likeness (QED) is 0.932. The van der Waals surface area contributed by atoms with E-state index in [1.54, 1.807) is 0 Å². The van der Waals surface area contributed by atoms with Crippen LogP contribution < -0.4 is 5.73 Å². The van der Waals surface area contributed by atoms with Gasteiger partial charge in [-0.15, -0.1) is 0 Å². The lowest BCUT2D eigenvalue weighted by molar-refractivity contribution is 0.611. The molecule has 0 fully saturated rings. The number of nitrogens with zero attached hydrogens (tertiary/aromatic N) is 2. The van der Waals surface area contributed by atoms with Gasteiger partial charge in [0.1, 0.15) is 0 Å². The van der Waals surface area contributed by atoms with Gasteiger partial charge in [-0.2, -0.15) is 5.10 Å². The topological polar surface area (TPSA) is 43.8 Å². The Labute approximate surface area is 129 Å². The summed E-state index contributed by atoms with van der Waals surface area (Å²) in [4.78, 5) is 0. The van der Waals surface area contributed by atoms with E-state index in [-0.39, 0.29) is 6.04 Å². The van der Waals surface area contributed by atoms with Gasteiger partial charge in [-0.05, 0) is 48.7 Å². The molecule has 0 bridgehead atoms. The number of hydrogen-bond acceptors (Lipinski definition) is 2. The van der Waals surface area contributed by atoms with Crippen LogP contribution in [0, 0.1) is 20.8 Å². The second-order valence-electron chi connectivity index (χ2n) is 5.63. The second kappa shape index (κ2) is 6.10. The van der Waals surface area contributed by atoms with E-state index in [2.05, 4.69) is 53.1 Å².